The van der Waals surface area contributed by atoms with Crippen LogP contribution in [0, 0.1) is 0 Å². The molecule has 4 heteroatoms. The number of hydrogen-bond acceptors (Lipinski definition) is 4. The molecule has 0 aromatic heterocycles. The zero-order chi connectivity index (χ0) is 7.28. The van der Waals surface area contributed by atoms with Crippen LogP contribution >= 0.6 is 0 Å². The van der Waals surface area contributed by atoms with Gasteiger partial charge in [0.25, 0.3) is 0 Å². The van der Waals surface area contributed by atoms with Crippen LogP contribution in [0.5, 0.6) is 0 Å². The summed E-state index contributed by atoms with van der Waals surface area (Å²) in [4.78, 5) is 0. The molecule has 9 heavy (non-hydrogen) atoms. The molecule has 4 nitrogen and oxygen atoms in total. The lowest BCUT2D eigenvalue weighted by molar-refractivity contribution is -0.100. The highest BCUT2D eigenvalue weighted by Crippen LogP contribution is 1.78. The van der Waals surface area contributed by atoms with Crippen molar-refractivity contribution in [2.24, 2.45) is 0 Å². The molecule has 0 bridgehead atoms. The van der Waals surface area contributed by atoms with Gasteiger partial charge in [0.2, 0.25) is 6.41 Å². The number of hydrogen-bond donors (Lipinski definition) is 3. The van der Waals surface area contributed by atoms with Crippen LogP contribution in [-0.2, 0) is 4.74 Å². The molecule has 0 radical (unpaired) electrons. The quantitative estimate of drug-likeness (QED) is 0.427. The average Bonchev–Trinajstić information content (AvgIpc) is 1.83. The molecule has 2 unspecified atom stereocenters. The summed E-state index contributed by atoms with van der Waals surface area (Å²) in [5.74, 6) is 0. The van der Waals surface area contributed by atoms with Gasteiger partial charge in [-0.2, -0.15) is 0 Å². The Labute approximate surface area is 54.5 Å². The van der Waals surface area contributed by atoms with Crippen LogP contribution in [-0.4, -0.2) is 36.4 Å². The second kappa shape index (κ2) is 4.69. The minimum absolute atomic E-state index is 0.328. The first kappa shape index (κ1) is 8.84. The lowest BCUT2D eigenvalue weighted by Gasteiger charge is -2.11. The first-order chi connectivity index (χ1) is 4.16. The molecule has 0 spiro atoms. The Kier molecular flexibility index (Phi) is 4.61. The van der Waals surface area contributed by atoms with Crippen molar-refractivity contribution in [1.82, 2.24) is 5.32 Å². The minimum atomic E-state index is -0.973. The van der Waals surface area contributed by atoms with Gasteiger partial charge in [-0.3, -0.25) is 5.32 Å². The van der Waals surface area contributed by atoms with E-state index in [4.69, 9.17) is 10.2 Å². The smallest absolute Gasteiger partial charge is 0.213 e. The van der Waals surface area contributed by atoms with Crippen molar-refractivity contribution in [2.45, 2.75) is 19.4 Å². The van der Waals surface area contributed by atoms with Gasteiger partial charge in [-0.05, 0) is 6.92 Å². The number of nitrogens with one attached hydrogen (secondary N) is 1. The fraction of sp³-hybridized carbons (Fsp3) is 1.00. The summed E-state index contributed by atoms with van der Waals surface area (Å²) in [6.45, 7) is 1.95. The number of aliphatic hydroxyl groups is 2. The van der Waals surface area contributed by atoms with E-state index in [0.717, 1.165) is 0 Å². The summed E-state index contributed by atoms with van der Waals surface area (Å²) in [5.41, 5.74) is 0. The largest absolute Gasteiger partial charge is 0.392 e. The van der Waals surface area contributed by atoms with Gasteiger partial charge < -0.3 is 14.9 Å². The molecule has 0 aliphatic heterocycles. The monoisotopic (exact) mass is 135 g/mol. The maximum Gasteiger partial charge on any atom is 0.213 e. The number of ether oxygens (including phenoxy) is 1. The Morgan fingerprint density at radius 1 is 1.56 bits per heavy atom. The third kappa shape index (κ3) is 5.72. The summed E-state index contributed by atoms with van der Waals surface area (Å²) in [5, 5.41) is 19.8. The topological polar surface area (TPSA) is 61.7 Å². The molecule has 0 saturated carbocycles. The third-order valence-corrected chi connectivity index (χ3v) is 0.811. The number of rotatable bonds is 4. The Bertz CT molecular complexity index is 67.2. The summed E-state index contributed by atoms with van der Waals surface area (Å²) < 4.78 is 4.43. The molecule has 56 valence electrons. The predicted octanol–water partition coefficient (Wildman–Crippen LogP) is -1.12. The SMILES string of the molecule is COC(O)NCC(C)O. The molecule has 0 saturated heterocycles. The van der Waals surface area contributed by atoms with E-state index in [0.29, 0.717) is 6.54 Å². The Morgan fingerprint density at radius 3 is 2.44 bits per heavy atom. The highest BCUT2D eigenvalue weighted by molar-refractivity contribution is 4.49. The average molecular weight is 135 g/mol. The van der Waals surface area contributed by atoms with E-state index < -0.39 is 12.5 Å². The van der Waals surface area contributed by atoms with Gasteiger partial charge in [0.1, 0.15) is 0 Å². The highest BCUT2D eigenvalue weighted by Gasteiger charge is 2.00. The van der Waals surface area contributed by atoms with Crippen LogP contribution in [0.25, 0.3) is 0 Å². The Balaban J connectivity index is 3.06. The van der Waals surface area contributed by atoms with Crippen molar-refractivity contribution in [1.29, 1.82) is 0 Å². The van der Waals surface area contributed by atoms with E-state index in [1.165, 1.54) is 7.11 Å². The molecular formula is C5H13NO3. The molecule has 0 heterocycles. The van der Waals surface area contributed by atoms with E-state index >= 15 is 0 Å². The summed E-state index contributed by atoms with van der Waals surface area (Å²) in [6.07, 6.45) is -1.44. The maximum absolute atomic E-state index is 8.67. The van der Waals surface area contributed by atoms with Crippen LogP contribution in [0.2, 0.25) is 0 Å². The van der Waals surface area contributed by atoms with Crippen molar-refractivity contribution in [2.75, 3.05) is 13.7 Å². The molecule has 0 rings (SSSR count). The van der Waals surface area contributed by atoms with Crippen molar-refractivity contribution in [3.8, 4) is 0 Å². The van der Waals surface area contributed by atoms with Gasteiger partial charge in [0.15, 0.2) is 0 Å². The molecule has 0 aromatic rings. The summed E-state index contributed by atoms with van der Waals surface area (Å²) in [7, 11) is 1.37. The zero-order valence-electron chi connectivity index (χ0n) is 5.66. The lowest BCUT2D eigenvalue weighted by Crippen LogP contribution is -2.35. The van der Waals surface area contributed by atoms with Crippen molar-refractivity contribution in [3.63, 3.8) is 0 Å². The van der Waals surface area contributed by atoms with Gasteiger partial charge in [0, 0.05) is 13.7 Å². The zero-order valence-corrected chi connectivity index (χ0v) is 5.66. The van der Waals surface area contributed by atoms with Crippen molar-refractivity contribution < 1.29 is 14.9 Å². The van der Waals surface area contributed by atoms with Crippen LogP contribution in [0.1, 0.15) is 6.92 Å². The van der Waals surface area contributed by atoms with E-state index in [9.17, 15) is 0 Å². The second-order valence-electron chi connectivity index (χ2n) is 1.85. The lowest BCUT2D eigenvalue weighted by atomic mass is 10.4. The Morgan fingerprint density at radius 2 is 2.11 bits per heavy atom. The van der Waals surface area contributed by atoms with E-state index in [1.807, 2.05) is 0 Å². The molecule has 0 aliphatic carbocycles. The summed E-state index contributed by atoms with van der Waals surface area (Å²) in [6, 6.07) is 0. The van der Waals surface area contributed by atoms with Crippen LogP contribution in [0.15, 0.2) is 0 Å². The van der Waals surface area contributed by atoms with Crippen LogP contribution in [0.4, 0.5) is 0 Å². The molecule has 0 fully saturated rings. The number of aliphatic hydroxyl groups excluding tert-OH is 2. The van der Waals surface area contributed by atoms with E-state index in [1.54, 1.807) is 6.92 Å². The van der Waals surface area contributed by atoms with Gasteiger partial charge in [-0.15, -0.1) is 0 Å². The third-order valence-electron chi connectivity index (χ3n) is 0.811. The molecule has 0 aliphatic rings. The first-order valence-electron chi connectivity index (χ1n) is 2.79. The molecular weight excluding hydrogens is 122 g/mol. The van der Waals surface area contributed by atoms with Gasteiger partial charge in [-0.25, -0.2) is 0 Å². The standard InChI is InChI=1S/C5H13NO3/c1-4(7)3-6-5(8)9-2/h4-8H,3H2,1-2H3. The van der Waals surface area contributed by atoms with Crippen LogP contribution < -0.4 is 5.32 Å². The summed E-state index contributed by atoms with van der Waals surface area (Å²) >= 11 is 0. The minimum Gasteiger partial charge on any atom is -0.392 e. The second-order valence-corrected chi connectivity index (χ2v) is 1.85. The number of methoxy groups -OCH3 is 1. The normalized spacial score (nSPS) is 17.3. The predicted molar refractivity (Wildman–Crippen MR) is 32.7 cm³/mol. The molecule has 0 aromatic carbocycles. The Hall–Kier alpha value is -0.160. The van der Waals surface area contributed by atoms with E-state index in [-0.39, 0.29) is 0 Å². The van der Waals surface area contributed by atoms with Gasteiger partial charge in [0.05, 0.1) is 6.10 Å². The maximum atomic E-state index is 8.67. The fourth-order valence-electron chi connectivity index (χ4n) is 0.355. The van der Waals surface area contributed by atoms with Gasteiger partial charge >= 0.3 is 0 Å². The van der Waals surface area contributed by atoms with E-state index in [2.05, 4.69) is 10.1 Å². The fourth-order valence-corrected chi connectivity index (χ4v) is 0.355. The highest BCUT2D eigenvalue weighted by atomic mass is 16.6. The molecule has 2 atom stereocenters. The van der Waals surface area contributed by atoms with Crippen LogP contribution in [0.3, 0.4) is 0 Å². The molecule has 0 amide bonds. The van der Waals surface area contributed by atoms with Gasteiger partial charge in [-0.1, -0.05) is 0 Å². The van der Waals surface area contributed by atoms with Crippen molar-refractivity contribution in [3.05, 3.63) is 0 Å². The van der Waals surface area contributed by atoms with Crippen molar-refractivity contribution >= 4 is 0 Å². The first-order valence-corrected chi connectivity index (χ1v) is 2.79. The molecule has 3 N–H and O–H groups in total.